The second-order valence-electron chi connectivity index (χ2n) is 6.62. The number of benzene rings is 1. The highest BCUT2D eigenvalue weighted by atomic mass is 35.5. The molecule has 0 amide bonds. The third kappa shape index (κ3) is 7.23. The van der Waals surface area contributed by atoms with Crippen LogP contribution in [0.4, 0.5) is 0 Å². The van der Waals surface area contributed by atoms with Crippen molar-refractivity contribution in [2.24, 2.45) is 5.92 Å². The van der Waals surface area contributed by atoms with E-state index in [-0.39, 0.29) is 30.4 Å². The van der Waals surface area contributed by atoms with E-state index in [4.69, 9.17) is 9.47 Å². The van der Waals surface area contributed by atoms with Gasteiger partial charge in [0.2, 0.25) is 0 Å². The van der Waals surface area contributed by atoms with Gasteiger partial charge in [0.05, 0.1) is 31.3 Å². The molecule has 1 aromatic carbocycles. The van der Waals surface area contributed by atoms with E-state index in [9.17, 15) is 9.90 Å². The normalized spacial score (nSPS) is 18.0. The van der Waals surface area contributed by atoms with E-state index >= 15 is 0 Å². The van der Waals surface area contributed by atoms with E-state index in [1.54, 1.807) is 0 Å². The van der Waals surface area contributed by atoms with Crippen molar-refractivity contribution in [1.29, 1.82) is 0 Å². The Kier molecular flexibility index (Phi) is 10.8. The van der Waals surface area contributed by atoms with Crippen LogP contribution in [0.15, 0.2) is 30.3 Å². The van der Waals surface area contributed by atoms with Crippen molar-refractivity contribution in [3.63, 3.8) is 0 Å². The van der Waals surface area contributed by atoms with Gasteiger partial charge in [-0.3, -0.25) is 4.79 Å². The minimum absolute atomic E-state index is 0. The molecule has 1 aromatic rings. The molecular formula is C20H32ClNO4. The summed E-state index contributed by atoms with van der Waals surface area (Å²) in [6, 6.07) is 10.1. The Bertz CT molecular complexity index is 506. The fourth-order valence-electron chi connectivity index (χ4n) is 3.31. The molecule has 1 N–H and O–H groups in total. The number of esters is 1. The number of β-amino-alcohol motifs (C(OH)–C–C–N with tert-alkyl or cyclic N) is 1. The molecule has 2 atom stereocenters. The lowest BCUT2D eigenvalue weighted by molar-refractivity contribution is -0.149. The van der Waals surface area contributed by atoms with Gasteiger partial charge < -0.3 is 19.5 Å². The van der Waals surface area contributed by atoms with E-state index < -0.39 is 6.10 Å². The van der Waals surface area contributed by atoms with Crippen LogP contribution in [0.3, 0.4) is 0 Å². The summed E-state index contributed by atoms with van der Waals surface area (Å²) < 4.78 is 11.0. The van der Waals surface area contributed by atoms with Crippen LogP contribution in [-0.4, -0.2) is 54.9 Å². The number of carbonyl (C=O) groups excluding carboxylic acids is 1. The summed E-state index contributed by atoms with van der Waals surface area (Å²) in [4.78, 5) is 14.0. The molecule has 1 aliphatic heterocycles. The zero-order chi connectivity index (χ0) is 18.1. The van der Waals surface area contributed by atoms with Crippen molar-refractivity contribution in [3.8, 4) is 0 Å². The van der Waals surface area contributed by atoms with Crippen molar-refractivity contribution in [3.05, 3.63) is 35.9 Å². The first kappa shape index (κ1) is 22.9. The molecule has 5 nitrogen and oxygen atoms in total. The summed E-state index contributed by atoms with van der Waals surface area (Å²) >= 11 is 0. The van der Waals surface area contributed by atoms with Crippen molar-refractivity contribution in [1.82, 2.24) is 4.90 Å². The number of rotatable bonds is 9. The van der Waals surface area contributed by atoms with Crippen LogP contribution >= 0.6 is 12.4 Å². The fraction of sp³-hybridized carbons (Fsp3) is 0.650. The molecule has 0 spiro atoms. The van der Waals surface area contributed by atoms with Gasteiger partial charge in [0.15, 0.2) is 0 Å². The number of likely N-dealkylation sites (tertiary alicyclic amines) is 1. The lowest BCUT2D eigenvalue weighted by Gasteiger charge is -2.32. The number of carbonyl (C=O) groups is 1. The zero-order valence-corrected chi connectivity index (χ0v) is 16.6. The lowest BCUT2D eigenvalue weighted by Crippen LogP contribution is -2.42. The molecule has 2 unspecified atom stereocenters. The predicted octanol–water partition coefficient (Wildman–Crippen LogP) is 3.21. The van der Waals surface area contributed by atoms with Gasteiger partial charge in [-0.2, -0.15) is 0 Å². The van der Waals surface area contributed by atoms with Gasteiger partial charge in [-0.1, -0.05) is 37.3 Å². The molecule has 0 radical (unpaired) electrons. The van der Waals surface area contributed by atoms with Gasteiger partial charge >= 0.3 is 5.97 Å². The molecule has 2 rings (SSSR count). The Morgan fingerprint density at radius 3 is 2.46 bits per heavy atom. The molecule has 1 saturated heterocycles. The van der Waals surface area contributed by atoms with Crippen LogP contribution in [-0.2, 0) is 14.3 Å². The van der Waals surface area contributed by atoms with Crippen LogP contribution in [0.25, 0.3) is 0 Å². The number of nitrogens with zero attached hydrogens (tertiary/aromatic N) is 1. The van der Waals surface area contributed by atoms with Crippen LogP contribution < -0.4 is 0 Å². The minimum atomic E-state index is -0.517. The van der Waals surface area contributed by atoms with E-state index in [2.05, 4.69) is 24.0 Å². The second kappa shape index (κ2) is 12.3. The third-order valence-corrected chi connectivity index (χ3v) is 4.71. The molecule has 0 bridgehead atoms. The number of halogens is 1. The van der Waals surface area contributed by atoms with Gasteiger partial charge in [-0.05, 0) is 44.8 Å². The van der Waals surface area contributed by atoms with Gasteiger partial charge in [-0.25, -0.2) is 0 Å². The molecular weight excluding hydrogens is 354 g/mol. The Balaban J connectivity index is 0.00000338. The Morgan fingerprint density at radius 2 is 1.88 bits per heavy atom. The Labute approximate surface area is 163 Å². The maximum atomic E-state index is 11.8. The largest absolute Gasteiger partial charge is 0.466 e. The smallest absolute Gasteiger partial charge is 0.309 e. The zero-order valence-electron chi connectivity index (χ0n) is 15.8. The number of hydrogen-bond acceptors (Lipinski definition) is 5. The number of piperidine rings is 1. The molecule has 1 fully saturated rings. The van der Waals surface area contributed by atoms with Gasteiger partial charge in [0.1, 0.15) is 0 Å². The van der Waals surface area contributed by atoms with Gasteiger partial charge in [0.25, 0.3) is 0 Å². The molecule has 6 heteroatoms. The molecule has 0 aromatic heterocycles. The predicted molar refractivity (Wildman–Crippen MR) is 104 cm³/mol. The van der Waals surface area contributed by atoms with Crippen LogP contribution in [0, 0.1) is 5.92 Å². The van der Waals surface area contributed by atoms with Crippen molar-refractivity contribution >= 4 is 18.4 Å². The SMILES string of the molecule is CCOC(=O)C1CCN(CC(O)COC(CC)c2ccccc2)CC1.Cl. The first-order valence-electron chi connectivity index (χ1n) is 9.37. The maximum absolute atomic E-state index is 11.8. The Hall–Kier alpha value is -1.14. The minimum Gasteiger partial charge on any atom is -0.466 e. The quantitative estimate of drug-likeness (QED) is 0.661. The first-order chi connectivity index (χ1) is 12.1. The van der Waals surface area contributed by atoms with Gasteiger partial charge in [0, 0.05) is 6.54 Å². The average Bonchev–Trinajstić information content (AvgIpc) is 2.64. The van der Waals surface area contributed by atoms with E-state index in [0.29, 0.717) is 19.8 Å². The lowest BCUT2D eigenvalue weighted by atomic mass is 9.97. The van der Waals surface area contributed by atoms with Crippen LogP contribution in [0.2, 0.25) is 0 Å². The summed E-state index contributed by atoms with van der Waals surface area (Å²) in [6.45, 7) is 6.90. The molecule has 1 heterocycles. The molecule has 0 aliphatic carbocycles. The van der Waals surface area contributed by atoms with Crippen LogP contribution in [0.1, 0.15) is 44.8 Å². The number of aliphatic hydroxyl groups is 1. The van der Waals surface area contributed by atoms with E-state index in [0.717, 1.165) is 37.9 Å². The summed E-state index contributed by atoms with van der Waals surface area (Å²) in [6.07, 6.45) is 1.98. The number of aliphatic hydroxyl groups excluding tert-OH is 1. The average molecular weight is 386 g/mol. The highest BCUT2D eigenvalue weighted by Gasteiger charge is 2.27. The first-order valence-corrected chi connectivity index (χ1v) is 9.37. The van der Waals surface area contributed by atoms with Crippen LogP contribution in [0.5, 0.6) is 0 Å². The molecule has 0 saturated carbocycles. The van der Waals surface area contributed by atoms with E-state index in [1.807, 2.05) is 25.1 Å². The highest BCUT2D eigenvalue weighted by Crippen LogP contribution is 2.22. The van der Waals surface area contributed by atoms with Crippen molar-refractivity contribution in [2.75, 3.05) is 32.8 Å². The third-order valence-electron chi connectivity index (χ3n) is 4.71. The highest BCUT2D eigenvalue weighted by molar-refractivity contribution is 5.85. The van der Waals surface area contributed by atoms with E-state index in [1.165, 1.54) is 0 Å². The topological polar surface area (TPSA) is 59.0 Å². The number of ether oxygens (including phenoxy) is 2. The summed E-state index contributed by atoms with van der Waals surface area (Å²) in [5, 5.41) is 10.3. The number of hydrogen-bond donors (Lipinski definition) is 1. The molecule has 148 valence electrons. The van der Waals surface area contributed by atoms with Crippen molar-refractivity contribution < 1.29 is 19.4 Å². The monoisotopic (exact) mass is 385 g/mol. The summed E-state index contributed by atoms with van der Waals surface area (Å²) in [7, 11) is 0. The summed E-state index contributed by atoms with van der Waals surface area (Å²) in [5.41, 5.74) is 1.15. The fourth-order valence-corrected chi connectivity index (χ4v) is 3.31. The standard InChI is InChI=1S/C20H31NO4.ClH/c1-3-19(16-8-6-5-7-9-16)25-15-18(22)14-21-12-10-17(11-13-21)20(23)24-4-2;/h5-9,17-19,22H,3-4,10-15H2,1-2H3;1H. The van der Waals surface area contributed by atoms with Gasteiger partial charge in [-0.15, -0.1) is 12.4 Å². The maximum Gasteiger partial charge on any atom is 0.309 e. The van der Waals surface area contributed by atoms with Crippen molar-refractivity contribution in [2.45, 2.75) is 45.3 Å². The molecule has 26 heavy (non-hydrogen) atoms. The molecule has 1 aliphatic rings. The summed E-state index contributed by atoms with van der Waals surface area (Å²) in [5.74, 6) is -0.0770. The second-order valence-corrected chi connectivity index (χ2v) is 6.62. The Morgan fingerprint density at radius 1 is 1.23 bits per heavy atom.